The average molecular weight is 342 g/mol. The number of carbonyl (C=O) groups excluding carboxylic acids is 2. The second kappa shape index (κ2) is 5.92. The number of hydrogen-bond donors (Lipinski definition) is 0. The average Bonchev–Trinajstić information content (AvgIpc) is 2.70. The predicted octanol–water partition coefficient (Wildman–Crippen LogP) is 3.37. The maximum Gasteiger partial charge on any atom is 0.357 e. The first kappa shape index (κ1) is 17.3. The van der Waals surface area contributed by atoms with Crippen LogP contribution in [0, 0.1) is 0 Å². The first-order valence-corrected chi connectivity index (χ1v) is 7.00. The summed E-state index contributed by atoms with van der Waals surface area (Å²) in [6.45, 7) is 7.30. The molecule has 1 rings (SSSR count). The van der Waals surface area contributed by atoms with Gasteiger partial charge in [-0.25, -0.2) is 4.79 Å². The van der Waals surface area contributed by atoms with E-state index < -0.39 is 21.1 Å². The maximum atomic E-state index is 12.1. The van der Waals surface area contributed by atoms with Crippen LogP contribution in [0.1, 0.15) is 48.5 Å². The third-order valence-corrected chi connectivity index (χ3v) is 2.89. The Morgan fingerprint density at radius 3 is 2.25 bits per heavy atom. The highest BCUT2D eigenvalue weighted by molar-refractivity contribution is 6.77. The summed E-state index contributed by atoms with van der Waals surface area (Å²) < 4.78 is 4.17. The summed E-state index contributed by atoms with van der Waals surface area (Å²) in [5, 5.41) is 4.04. The molecule has 112 valence electrons. The van der Waals surface area contributed by atoms with E-state index in [1.54, 1.807) is 6.92 Å². The lowest BCUT2D eigenvalue weighted by Crippen LogP contribution is -2.30. The first-order chi connectivity index (χ1) is 9.00. The van der Waals surface area contributed by atoms with Crippen molar-refractivity contribution in [3.8, 4) is 0 Å². The molecule has 0 atom stereocenters. The topological polar surface area (TPSA) is 61.2 Å². The number of hydrogen-bond acceptors (Lipinski definition) is 4. The molecular formula is C12H15Cl3N2O3. The Labute approximate surface area is 132 Å². The van der Waals surface area contributed by atoms with Gasteiger partial charge in [0.1, 0.15) is 0 Å². The molecule has 5 nitrogen and oxygen atoms in total. The van der Waals surface area contributed by atoms with Crippen LogP contribution in [0.15, 0.2) is 6.20 Å². The molecule has 1 heterocycles. The largest absolute Gasteiger partial charge is 0.461 e. The van der Waals surface area contributed by atoms with Crippen molar-refractivity contribution in [1.82, 2.24) is 9.78 Å². The van der Waals surface area contributed by atoms with Crippen LogP contribution >= 0.6 is 34.8 Å². The molecule has 0 aliphatic carbocycles. The summed E-state index contributed by atoms with van der Waals surface area (Å²) in [6.07, 6.45) is 1.21. The first-order valence-electron chi connectivity index (χ1n) is 5.87. The van der Waals surface area contributed by atoms with Crippen LogP contribution in [0.25, 0.3) is 0 Å². The molecule has 0 amide bonds. The van der Waals surface area contributed by atoms with Crippen LogP contribution in [0.2, 0.25) is 0 Å². The number of Topliss-reactive ketones (excluding diaryl/α,β-unsaturated/α-hetero) is 1. The smallest absolute Gasteiger partial charge is 0.357 e. The molecule has 20 heavy (non-hydrogen) atoms. The van der Waals surface area contributed by atoms with Gasteiger partial charge in [0.25, 0.3) is 3.79 Å². The maximum absolute atomic E-state index is 12.1. The molecule has 0 aliphatic heterocycles. The summed E-state index contributed by atoms with van der Waals surface area (Å²) >= 11 is 16.8. The van der Waals surface area contributed by atoms with Crippen molar-refractivity contribution in [2.75, 3.05) is 6.61 Å². The highest BCUT2D eigenvalue weighted by Gasteiger charge is 2.38. The van der Waals surface area contributed by atoms with Crippen molar-refractivity contribution in [3.63, 3.8) is 0 Å². The lowest BCUT2D eigenvalue weighted by molar-refractivity contribution is 0.0500. The van der Waals surface area contributed by atoms with Crippen LogP contribution in [-0.2, 0) is 10.3 Å². The number of esters is 1. The van der Waals surface area contributed by atoms with E-state index >= 15 is 0 Å². The second-order valence-electron chi connectivity index (χ2n) is 5.04. The zero-order chi connectivity index (χ0) is 15.7. The monoisotopic (exact) mass is 340 g/mol. The number of carbonyl (C=O) groups is 2. The van der Waals surface area contributed by atoms with Crippen molar-refractivity contribution in [3.05, 3.63) is 17.5 Å². The van der Waals surface area contributed by atoms with E-state index in [1.807, 2.05) is 20.8 Å². The minimum atomic E-state index is -2.16. The number of ketones is 1. The minimum absolute atomic E-state index is 0.0179. The summed E-state index contributed by atoms with van der Waals surface area (Å²) in [5.74, 6) is -1.50. The Morgan fingerprint density at radius 1 is 1.30 bits per heavy atom. The van der Waals surface area contributed by atoms with Crippen molar-refractivity contribution >= 4 is 46.6 Å². The van der Waals surface area contributed by atoms with Crippen molar-refractivity contribution in [2.24, 2.45) is 0 Å². The van der Waals surface area contributed by atoms with Crippen molar-refractivity contribution in [1.29, 1.82) is 0 Å². The van der Waals surface area contributed by atoms with Gasteiger partial charge in [0.05, 0.1) is 23.9 Å². The van der Waals surface area contributed by atoms with Crippen molar-refractivity contribution < 1.29 is 14.3 Å². The molecule has 1 aromatic heterocycles. The number of nitrogens with zero attached hydrogens (tertiary/aromatic N) is 2. The van der Waals surface area contributed by atoms with E-state index in [-0.39, 0.29) is 17.9 Å². The van der Waals surface area contributed by atoms with Gasteiger partial charge in [0.15, 0.2) is 5.69 Å². The molecule has 1 aromatic rings. The molecule has 0 saturated heterocycles. The number of halogens is 3. The fourth-order valence-electron chi connectivity index (χ4n) is 1.57. The van der Waals surface area contributed by atoms with Crippen LogP contribution in [0.3, 0.4) is 0 Å². The minimum Gasteiger partial charge on any atom is -0.461 e. The lowest BCUT2D eigenvalue weighted by Gasteiger charge is -2.22. The van der Waals surface area contributed by atoms with Gasteiger partial charge in [-0.15, -0.1) is 0 Å². The van der Waals surface area contributed by atoms with Crippen LogP contribution in [0.5, 0.6) is 0 Å². The predicted molar refractivity (Wildman–Crippen MR) is 77.8 cm³/mol. The Morgan fingerprint density at radius 2 is 1.85 bits per heavy atom. The third-order valence-electron chi connectivity index (χ3n) is 2.38. The molecule has 0 bridgehead atoms. The highest BCUT2D eigenvalue weighted by Crippen LogP contribution is 2.32. The number of ether oxygens (including phenoxy) is 1. The Kier molecular flexibility index (Phi) is 5.11. The van der Waals surface area contributed by atoms with E-state index in [2.05, 4.69) is 5.10 Å². The standard InChI is InChI=1S/C12H15Cl3N2O3/c1-5-20-10(19)8-7(9(18)12(13,14)15)6-16-17(8)11(2,3)4/h6H,5H2,1-4H3. The Balaban J connectivity index is 3.44. The summed E-state index contributed by atoms with van der Waals surface area (Å²) in [4.78, 5) is 24.1. The number of aromatic nitrogens is 2. The van der Waals surface area contributed by atoms with E-state index in [1.165, 1.54) is 10.9 Å². The van der Waals surface area contributed by atoms with Gasteiger partial charge in [-0.05, 0) is 27.7 Å². The molecule has 0 saturated carbocycles. The van der Waals surface area contributed by atoms with E-state index in [0.29, 0.717) is 0 Å². The van der Waals surface area contributed by atoms with Crippen LogP contribution in [0.4, 0.5) is 0 Å². The molecule has 0 radical (unpaired) electrons. The normalized spacial score (nSPS) is 12.3. The molecule has 0 fully saturated rings. The Bertz CT molecular complexity index is 527. The van der Waals surface area contributed by atoms with Crippen LogP contribution < -0.4 is 0 Å². The number of alkyl halides is 3. The summed E-state index contributed by atoms with van der Waals surface area (Å²) in [5.41, 5.74) is -0.622. The molecule has 0 N–H and O–H groups in total. The molecule has 0 aliphatic rings. The third kappa shape index (κ3) is 3.65. The van der Waals surface area contributed by atoms with E-state index in [9.17, 15) is 9.59 Å². The van der Waals surface area contributed by atoms with Gasteiger partial charge in [0, 0.05) is 0 Å². The SMILES string of the molecule is CCOC(=O)c1c(C(=O)C(Cl)(Cl)Cl)cnn1C(C)(C)C. The van der Waals surface area contributed by atoms with Gasteiger partial charge < -0.3 is 4.74 Å². The zero-order valence-corrected chi connectivity index (χ0v) is 13.8. The van der Waals surface area contributed by atoms with Crippen LogP contribution in [-0.4, -0.2) is 31.9 Å². The number of rotatable bonds is 3. The molecule has 0 unspecified atom stereocenters. The molecule has 0 spiro atoms. The lowest BCUT2D eigenvalue weighted by atomic mass is 10.1. The Hall–Kier alpha value is -0.780. The van der Waals surface area contributed by atoms with Gasteiger partial charge in [-0.1, -0.05) is 34.8 Å². The van der Waals surface area contributed by atoms with Gasteiger partial charge in [-0.2, -0.15) is 5.10 Å². The molecule has 8 heteroatoms. The zero-order valence-electron chi connectivity index (χ0n) is 11.5. The van der Waals surface area contributed by atoms with Crippen molar-refractivity contribution in [2.45, 2.75) is 37.0 Å². The van der Waals surface area contributed by atoms with E-state index in [0.717, 1.165) is 0 Å². The molecular weight excluding hydrogens is 327 g/mol. The fourth-order valence-corrected chi connectivity index (χ4v) is 1.88. The molecule has 0 aromatic carbocycles. The highest BCUT2D eigenvalue weighted by atomic mass is 35.6. The summed E-state index contributed by atoms with van der Waals surface area (Å²) in [6, 6.07) is 0. The summed E-state index contributed by atoms with van der Waals surface area (Å²) in [7, 11) is 0. The fraction of sp³-hybridized carbons (Fsp3) is 0.583. The van der Waals surface area contributed by atoms with Gasteiger partial charge >= 0.3 is 5.97 Å². The van der Waals surface area contributed by atoms with Gasteiger partial charge in [-0.3, -0.25) is 9.48 Å². The van der Waals surface area contributed by atoms with Gasteiger partial charge in [0.2, 0.25) is 5.78 Å². The van der Waals surface area contributed by atoms with E-state index in [4.69, 9.17) is 39.5 Å². The second-order valence-corrected chi connectivity index (χ2v) is 7.32. The quantitative estimate of drug-likeness (QED) is 0.480.